The summed E-state index contributed by atoms with van der Waals surface area (Å²) in [5, 5.41) is 15.4. The van der Waals surface area contributed by atoms with Crippen LogP contribution in [0.2, 0.25) is 0 Å². The molecule has 0 aliphatic carbocycles. The smallest absolute Gasteiger partial charge is 0.254 e. The van der Waals surface area contributed by atoms with E-state index in [1.165, 1.54) is 12.1 Å². The number of carbonyl (C=O) groups excluding carboxylic acids is 2. The number of carbonyl (C=O) groups is 2. The van der Waals surface area contributed by atoms with Gasteiger partial charge in [-0.1, -0.05) is 13.0 Å². The first-order chi connectivity index (χ1) is 22.2. The van der Waals surface area contributed by atoms with Crippen LogP contribution in [0.1, 0.15) is 62.7 Å². The van der Waals surface area contributed by atoms with Crippen LogP contribution in [0.5, 0.6) is 5.75 Å². The standard InChI is InChI=1S/C33H47FN8O4/c1-5-12-41-15-10-23(11-16-41)42-27(6-2)32(45)40(4)28-21-35-33(38-30(28)42)37-26-20-25(34)24(19-29(26)46-18-7-17-43)31(44)36-22-8-13-39(3)14-9-22/h5,12,19-23,27,43H,6-11,13-18H2,1-4H3,(H,36,44)(H,35,37,38)/t27-/m1/s1. The predicted molar refractivity (Wildman–Crippen MR) is 176 cm³/mol. The zero-order chi connectivity index (χ0) is 32.8. The molecule has 250 valence electrons. The zero-order valence-corrected chi connectivity index (χ0v) is 27.3. The Labute approximate surface area is 270 Å². The zero-order valence-electron chi connectivity index (χ0n) is 27.3. The fraction of sp³-hybridized carbons (Fsp3) is 0.576. The summed E-state index contributed by atoms with van der Waals surface area (Å²) in [6.07, 6.45) is 10.1. The normalized spacial score (nSPS) is 19.9. The molecule has 3 aliphatic rings. The summed E-state index contributed by atoms with van der Waals surface area (Å²) >= 11 is 0. The Kier molecular flexibility index (Phi) is 10.9. The van der Waals surface area contributed by atoms with Gasteiger partial charge in [0.1, 0.15) is 23.3 Å². The molecular weight excluding hydrogens is 591 g/mol. The van der Waals surface area contributed by atoms with Gasteiger partial charge in [0.05, 0.1) is 24.1 Å². The highest BCUT2D eigenvalue weighted by molar-refractivity contribution is 6.04. The number of hydrogen-bond acceptors (Lipinski definition) is 10. The molecule has 2 amide bonds. The maximum absolute atomic E-state index is 15.5. The van der Waals surface area contributed by atoms with Crippen LogP contribution in [0, 0.1) is 5.82 Å². The number of piperidine rings is 2. The van der Waals surface area contributed by atoms with Gasteiger partial charge in [0.25, 0.3) is 5.91 Å². The van der Waals surface area contributed by atoms with Crippen molar-refractivity contribution in [3.8, 4) is 5.75 Å². The van der Waals surface area contributed by atoms with Gasteiger partial charge in [0.15, 0.2) is 5.82 Å². The van der Waals surface area contributed by atoms with Crippen LogP contribution in [0.15, 0.2) is 30.6 Å². The molecule has 0 radical (unpaired) electrons. The average Bonchev–Trinajstić information content (AvgIpc) is 3.05. The molecule has 5 rings (SSSR count). The number of anilines is 4. The van der Waals surface area contributed by atoms with Crippen molar-refractivity contribution < 1.29 is 23.8 Å². The van der Waals surface area contributed by atoms with Gasteiger partial charge in [-0.25, -0.2) is 9.37 Å². The molecule has 0 bridgehead atoms. The molecule has 0 spiro atoms. The fourth-order valence-corrected chi connectivity index (χ4v) is 6.51. The SMILES string of the molecule is CC=CN1CCC(N2c3nc(Nc4cc(F)c(C(=O)NC5CCN(C)CC5)cc4OCCCO)ncc3N(C)C(=O)[C@H]2CC)CC1. The summed E-state index contributed by atoms with van der Waals surface area (Å²) in [6, 6.07) is 2.33. The van der Waals surface area contributed by atoms with E-state index in [4.69, 9.17) is 9.72 Å². The lowest BCUT2D eigenvalue weighted by molar-refractivity contribution is -0.120. The van der Waals surface area contributed by atoms with E-state index in [2.05, 4.69) is 36.5 Å². The van der Waals surface area contributed by atoms with Crippen molar-refractivity contribution in [1.29, 1.82) is 0 Å². The summed E-state index contributed by atoms with van der Waals surface area (Å²) in [6.45, 7) is 7.59. The van der Waals surface area contributed by atoms with Gasteiger partial charge in [0.2, 0.25) is 11.9 Å². The number of aliphatic hydroxyl groups excluding tert-OH is 1. The molecule has 1 aromatic heterocycles. The molecular formula is C33H47FN8O4. The van der Waals surface area contributed by atoms with Crippen LogP contribution in [-0.4, -0.2) is 108 Å². The molecule has 2 saturated heterocycles. The lowest BCUT2D eigenvalue weighted by Gasteiger charge is -2.46. The van der Waals surface area contributed by atoms with Crippen molar-refractivity contribution in [2.75, 3.05) is 68.6 Å². The molecule has 3 aliphatic heterocycles. The number of aromatic nitrogens is 2. The second-order valence-electron chi connectivity index (χ2n) is 12.3. The highest BCUT2D eigenvalue weighted by atomic mass is 19.1. The third-order valence-electron chi connectivity index (χ3n) is 9.12. The lowest BCUT2D eigenvalue weighted by Crippen LogP contribution is -2.58. The van der Waals surface area contributed by atoms with E-state index in [-0.39, 0.29) is 60.2 Å². The summed E-state index contributed by atoms with van der Waals surface area (Å²) in [5.41, 5.74) is 0.753. The van der Waals surface area contributed by atoms with Gasteiger partial charge in [-0.05, 0) is 71.4 Å². The Morgan fingerprint density at radius 2 is 1.89 bits per heavy atom. The summed E-state index contributed by atoms with van der Waals surface area (Å²) in [7, 11) is 3.78. The number of nitrogens with zero attached hydrogens (tertiary/aromatic N) is 6. The van der Waals surface area contributed by atoms with Crippen molar-refractivity contribution in [2.45, 2.75) is 70.5 Å². The topological polar surface area (TPSA) is 126 Å². The number of halogens is 1. The summed E-state index contributed by atoms with van der Waals surface area (Å²) in [4.78, 5) is 44.2. The highest BCUT2D eigenvalue weighted by Gasteiger charge is 2.41. The molecule has 2 aromatic rings. The fourth-order valence-electron chi connectivity index (χ4n) is 6.51. The van der Waals surface area contributed by atoms with Crippen LogP contribution in [0.4, 0.5) is 27.5 Å². The number of hydrogen-bond donors (Lipinski definition) is 3. The van der Waals surface area contributed by atoms with Crippen molar-refractivity contribution in [3.63, 3.8) is 0 Å². The van der Waals surface area contributed by atoms with E-state index in [1.54, 1.807) is 18.1 Å². The van der Waals surface area contributed by atoms with Gasteiger partial charge in [-0.3, -0.25) is 9.59 Å². The minimum absolute atomic E-state index is 0.00551. The van der Waals surface area contributed by atoms with E-state index < -0.39 is 11.7 Å². The number of rotatable bonds is 11. The molecule has 13 heteroatoms. The molecule has 0 unspecified atom stereocenters. The van der Waals surface area contributed by atoms with Gasteiger partial charge in [0, 0.05) is 51.3 Å². The van der Waals surface area contributed by atoms with E-state index in [0.717, 1.165) is 51.9 Å². The highest BCUT2D eigenvalue weighted by Crippen LogP contribution is 2.39. The second kappa shape index (κ2) is 15.1. The Morgan fingerprint density at radius 3 is 2.57 bits per heavy atom. The number of allylic oxidation sites excluding steroid dienone is 1. The van der Waals surface area contributed by atoms with E-state index in [9.17, 15) is 14.7 Å². The largest absolute Gasteiger partial charge is 0.491 e. The van der Waals surface area contributed by atoms with Crippen LogP contribution in [-0.2, 0) is 4.79 Å². The Hall–Kier alpha value is -3.97. The first-order valence-electron chi connectivity index (χ1n) is 16.4. The van der Waals surface area contributed by atoms with Gasteiger partial charge in [-0.15, -0.1) is 0 Å². The number of likely N-dealkylation sites (tertiary alicyclic amines) is 2. The minimum atomic E-state index is -0.703. The van der Waals surface area contributed by atoms with Gasteiger partial charge in [-0.2, -0.15) is 4.98 Å². The first-order valence-corrected chi connectivity index (χ1v) is 16.4. The maximum Gasteiger partial charge on any atom is 0.254 e. The molecule has 3 N–H and O–H groups in total. The number of benzene rings is 1. The number of ether oxygens (including phenoxy) is 1. The van der Waals surface area contributed by atoms with Crippen LogP contribution < -0.4 is 25.2 Å². The van der Waals surface area contributed by atoms with E-state index in [0.29, 0.717) is 24.3 Å². The monoisotopic (exact) mass is 638 g/mol. The molecule has 2 fully saturated rings. The number of amides is 2. The molecule has 12 nitrogen and oxygen atoms in total. The third-order valence-corrected chi connectivity index (χ3v) is 9.12. The minimum Gasteiger partial charge on any atom is -0.491 e. The quantitative estimate of drug-likeness (QED) is 0.315. The molecule has 0 saturated carbocycles. The van der Waals surface area contributed by atoms with Crippen molar-refractivity contribution >= 4 is 35.0 Å². The predicted octanol–water partition coefficient (Wildman–Crippen LogP) is 3.50. The Morgan fingerprint density at radius 1 is 1.15 bits per heavy atom. The van der Waals surface area contributed by atoms with Crippen LogP contribution in [0.25, 0.3) is 0 Å². The average molecular weight is 639 g/mol. The Bertz CT molecular complexity index is 1410. The van der Waals surface area contributed by atoms with Gasteiger partial charge >= 0.3 is 0 Å². The number of aliphatic hydroxyl groups is 1. The van der Waals surface area contributed by atoms with Crippen molar-refractivity contribution in [3.05, 3.63) is 42.0 Å². The number of likely N-dealkylation sites (N-methyl/N-ethyl adjacent to an activating group) is 1. The second-order valence-corrected chi connectivity index (χ2v) is 12.3. The number of nitrogens with one attached hydrogen (secondary N) is 2. The van der Waals surface area contributed by atoms with Crippen LogP contribution in [0.3, 0.4) is 0 Å². The summed E-state index contributed by atoms with van der Waals surface area (Å²) < 4.78 is 21.5. The molecule has 46 heavy (non-hydrogen) atoms. The maximum atomic E-state index is 15.5. The Balaban J connectivity index is 1.43. The van der Waals surface area contributed by atoms with Gasteiger partial charge < -0.3 is 40.1 Å². The molecule has 1 atom stereocenters. The third kappa shape index (κ3) is 7.36. The van der Waals surface area contributed by atoms with E-state index in [1.807, 2.05) is 27.0 Å². The van der Waals surface area contributed by atoms with Crippen molar-refractivity contribution in [1.82, 2.24) is 25.1 Å². The molecule has 1 aromatic carbocycles. The molecule has 4 heterocycles. The van der Waals surface area contributed by atoms with Crippen molar-refractivity contribution in [2.24, 2.45) is 0 Å². The summed E-state index contributed by atoms with van der Waals surface area (Å²) in [5.74, 6) is -0.0881. The van der Waals surface area contributed by atoms with E-state index >= 15 is 4.39 Å². The van der Waals surface area contributed by atoms with Crippen LogP contribution >= 0.6 is 0 Å². The first kappa shape index (κ1) is 33.4. The lowest BCUT2D eigenvalue weighted by atomic mass is 9.97. The number of fused-ring (bicyclic) bond motifs is 1.